The molecule has 0 unspecified atom stereocenters. The average molecular weight is 328 g/mol. The van der Waals surface area contributed by atoms with Crippen molar-refractivity contribution >= 4 is 33.2 Å². The highest BCUT2D eigenvalue weighted by molar-refractivity contribution is 9.10. The Morgan fingerprint density at radius 2 is 2.22 bits per heavy atom. The third kappa shape index (κ3) is 3.40. The van der Waals surface area contributed by atoms with Crippen LogP contribution in [0.5, 0.6) is 0 Å². The van der Waals surface area contributed by atoms with Gasteiger partial charge in [-0.15, -0.1) is 0 Å². The Kier molecular flexibility index (Phi) is 4.49. The van der Waals surface area contributed by atoms with Crippen LogP contribution in [0.3, 0.4) is 0 Å². The van der Waals surface area contributed by atoms with Crippen LogP contribution in [-0.4, -0.2) is 12.5 Å². The molecule has 0 aliphatic carbocycles. The predicted octanol–water partition coefficient (Wildman–Crippen LogP) is 3.62. The van der Waals surface area contributed by atoms with E-state index >= 15 is 0 Å². The molecular weight excluding hydrogens is 317 g/mol. The number of halogens is 2. The van der Waals surface area contributed by atoms with Gasteiger partial charge < -0.3 is 5.32 Å². The molecule has 0 atom stereocenters. The van der Waals surface area contributed by atoms with Crippen LogP contribution in [0.15, 0.2) is 39.5 Å². The molecule has 0 aliphatic heterocycles. The van der Waals surface area contributed by atoms with Crippen LogP contribution < -0.4 is 5.32 Å². The lowest BCUT2D eigenvalue weighted by Gasteiger charge is -2.05. The monoisotopic (exact) mass is 327 g/mol. The number of amides is 1. The standard InChI is InChI=1S/C13H11BrFNOS/c14-11-2-1-10(7-12(11)15)13(17)16-5-3-9-4-6-18-8-9/h1-2,4,6-8H,3,5H2,(H,16,17). The third-order valence-corrected chi connectivity index (χ3v) is 3.84. The van der Waals surface area contributed by atoms with Crippen LogP contribution >= 0.6 is 27.3 Å². The van der Waals surface area contributed by atoms with Gasteiger partial charge in [0.25, 0.3) is 5.91 Å². The summed E-state index contributed by atoms with van der Waals surface area (Å²) in [6.45, 7) is 0.549. The summed E-state index contributed by atoms with van der Waals surface area (Å²) in [5, 5.41) is 6.82. The molecule has 0 spiro atoms. The molecule has 0 fully saturated rings. The third-order valence-electron chi connectivity index (χ3n) is 2.46. The van der Waals surface area contributed by atoms with Crippen LogP contribution in [0.1, 0.15) is 15.9 Å². The predicted molar refractivity (Wildman–Crippen MR) is 74.5 cm³/mol. The molecule has 0 saturated heterocycles. The van der Waals surface area contributed by atoms with Crippen molar-refractivity contribution in [1.29, 1.82) is 0 Å². The molecule has 2 nitrogen and oxygen atoms in total. The highest BCUT2D eigenvalue weighted by Crippen LogP contribution is 2.16. The molecule has 1 aromatic carbocycles. The number of hydrogen-bond acceptors (Lipinski definition) is 2. The Hall–Kier alpha value is -1.20. The molecule has 18 heavy (non-hydrogen) atoms. The minimum atomic E-state index is -0.430. The number of benzene rings is 1. The van der Waals surface area contributed by atoms with Gasteiger partial charge in [0, 0.05) is 12.1 Å². The first-order chi connectivity index (χ1) is 8.66. The van der Waals surface area contributed by atoms with Gasteiger partial charge in [-0.1, -0.05) is 0 Å². The minimum Gasteiger partial charge on any atom is -0.352 e. The SMILES string of the molecule is O=C(NCCc1ccsc1)c1ccc(Br)c(F)c1. The van der Waals surface area contributed by atoms with Crippen molar-refractivity contribution in [2.75, 3.05) is 6.54 Å². The first-order valence-electron chi connectivity index (χ1n) is 5.41. The van der Waals surface area contributed by atoms with Crippen molar-refractivity contribution in [2.45, 2.75) is 6.42 Å². The summed E-state index contributed by atoms with van der Waals surface area (Å²) in [5.41, 5.74) is 1.53. The van der Waals surface area contributed by atoms with E-state index in [0.29, 0.717) is 16.6 Å². The molecule has 1 heterocycles. The van der Waals surface area contributed by atoms with E-state index in [1.807, 2.05) is 16.8 Å². The fraction of sp³-hybridized carbons (Fsp3) is 0.154. The van der Waals surface area contributed by atoms with Gasteiger partial charge in [0.15, 0.2) is 0 Å². The minimum absolute atomic E-state index is 0.253. The molecule has 2 aromatic rings. The van der Waals surface area contributed by atoms with Gasteiger partial charge >= 0.3 is 0 Å². The molecule has 1 N–H and O–H groups in total. The lowest BCUT2D eigenvalue weighted by Crippen LogP contribution is -2.25. The van der Waals surface area contributed by atoms with Gasteiger partial charge in [0.2, 0.25) is 0 Å². The maximum Gasteiger partial charge on any atom is 0.251 e. The summed E-state index contributed by atoms with van der Waals surface area (Å²) in [4.78, 5) is 11.7. The second-order valence-electron chi connectivity index (χ2n) is 3.77. The van der Waals surface area contributed by atoms with Crippen molar-refractivity contribution in [2.24, 2.45) is 0 Å². The molecule has 0 saturated carbocycles. The lowest BCUT2D eigenvalue weighted by molar-refractivity contribution is 0.0953. The fourth-order valence-electron chi connectivity index (χ4n) is 1.49. The first kappa shape index (κ1) is 13.2. The zero-order valence-corrected chi connectivity index (χ0v) is 11.9. The van der Waals surface area contributed by atoms with E-state index in [2.05, 4.69) is 21.2 Å². The molecule has 1 aromatic heterocycles. The van der Waals surface area contributed by atoms with E-state index in [9.17, 15) is 9.18 Å². The molecule has 0 aliphatic rings. The quantitative estimate of drug-likeness (QED) is 0.912. The fourth-order valence-corrected chi connectivity index (χ4v) is 2.44. The van der Waals surface area contributed by atoms with E-state index in [-0.39, 0.29) is 5.91 Å². The van der Waals surface area contributed by atoms with Crippen LogP contribution in [0.2, 0.25) is 0 Å². The second kappa shape index (κ2) is 6.11. The smallest absolute Gasteiger partial charge is 0.251 e. The maximum absolute atomic E-state index is 13.3. The molecule has 0 radical (unpaired) electrons. The first-order valence-corrected chi connectivity index (χ1v) is 7.15. The van der Waals surface area contributed by atoms with Gasteiger partial charge in [0.05, 0.1) is 4.47 Å². The van der Waals surface area contributed by atoms with Crippen molar-refractivity contribution < 1.29 is 9.18 Å². The highest BCUT2D eigenvalue weighted by Gasteiger charge is 2.08. The molecular formula is C13H11BrFNOS. The summed E-state index contributed by atoms with van der Waals surface area (Å²) < 4.78 is 13.6. The second-order valence-corrected chi connectivity index (χ2v) is 5.40. The number of thiophene rings is 1. The normalized spacial score (nSPS) is 10.3. The summed E-state index contributed by atoms with van der Waals surface area (Å²) in [7, 11) is 0. The summed E-state index contributed by atoms with van der Waals surface area (Å²) >= 11 is 4.68. The van der Waals surface area contributed by atoms with Crippen LogP contribution in [0.25, 0.3) is 0 Å². The number of rotatable bonds is 4. The van der Waals surface area contributed by atoms with Gasteiger partial charge in [-0.2, -0.15) is 11.3 Å². The topological polar surface area (TPSA) is 29.1 Å². The van der Waals surface area contributed by atoms with Gasteiger partial charge in [-0.05, 0) is 62.9 Å². The number of carbonyl (C=O) groups excluding carboxylic acids is 1. The Morgan fingerprint density at radius 3 is 2.89 bits per heavy atom. The van der Waals surface area contributed by atoms with Crippen molar-refractivity contribution in [3.8, 4) is 0 Å². The zero-order valence-electron chi connectivity index (χ0n) is 9.45. The van der Waals surface area contributed by atoms with Crippen molar-refractivity contribution in [3.05, 3.63) is 56.4 Å². The Balaban J connectivity index is 1.89. The van der Waals surface area contributed by atoms with Gasteiger partial charge in [-0.3, -0.25) is 4.79 Å². The van der Waals surface area contributed by atoms with Crippen LogP contribution in [0.4, 0.5) is 4.39 Å². The van der Waals surface area contributed by atoms with Crippen LogP contribution in [-0.2, 0) is 6.42 Å². The van der Waals surface area contributed by atoms with Crippen molar-refractivity contribution in [3.63, 3.8) is 0 Å². The largest absolute Gasteiger partial charge is 0.352 e. The molecule has 2 rings (SSSR count). The van der Waals surface area contributed by atoms with E-state index in [1.165, 1.54) is 17.7 Å². The zero-order chi connectivity index (χ0) is 13.0. The Labute approximate surface area is 117 Å². The van der Waals surface area contributed by atoms with E-state index < -0.39 is 5.82 Å². The maximum atomic E-state index is 13.3. The number of nitrogens with one attached hydrogen (secondary N) is 1. The molecule has 1 amide bonds. The average Bonchev–Trinajstić information content (AvgIpc) is 2.85. The number of hydrogen-bond donors (Lipinski definition) is 1. The summed E-state index contributed by atoms with van der Waals surface area (Å²) in [5.74, 6) is -0.683. The highest BCUT2D eigenvalue weighted by atomic mass is 79.9. The van der Waals surface area contributed by atoms with E-state index in [4.69, 9.17) is 0 Å². The van der Waals surface area contributed by atoms with Gasteiger partial charge in [0.1, 0.15) is 5.82 Å². The Morgan fingerprint density at radius 1 is 1.39 bits per heavy atom. The van der Waals surface area contributed by atoms with Crippen molar-refractivity contribution in [1.82, 2.24) is 5.32 Å². The molecule has 94 valence electrons. The number of carbonyl (C=O) groups is 1. The lowest BCUT2D eigenvalue weighted by atomic mass is 10.2. The van der Waals surface area contributed by atoms with Gasteiger partial charge in [-0.25, -0.2) is 4.39 Å². The van der Waals surface area contributed by atoms with E-state index in [0.717, 1.165) is 6.42 Å². The molecule has 0 bridgehead atoms. The summed E-state index contributed by atoms with van der Waals surface area (Å²) in [6, 6.07) is 6.37. The van der Waals surface area contributed by atoms with Crippen LogP contribution in [0, 0.1) is 5.82 Å². The Bertz CT molecular complexity index is 542. The summed E-state index contributed by atoms with van der Waals surface area (Å²) in [6.07, 6.45) is 0.786. The van der Waals surface area contributed by atoms with E-state index in [1.54, 1.807) is 17.4 Å². The molecule has 5 heteroatoms.